The molecular weight excluding hydrogens is 461 g/mol. The number of rotatable bonds is 4. The van der Waals surface area contributed by atoms with Crippen molar-refractivity contribution in [3.63, 3.8) is 0 Å². The highest BCUT2D eigenvalue weighted by molar-refractivity contribution is 5.73. The summed E-state index contributed by atoms with van der Waals surface area (Å²) in [4.78, 5) is 30.4. The van der Waals surface area contributed by atoms with Gasteiger partial charge in [-0.25, -0.2) is 9.78 Å². The fraction of sp³-hybridized carbons (Fsp3) is 0.583. The van der Waals surface area contributed by atoms with Crippen molar-refractivity contribution in [3.05, 3.63) is 36.4 Å². The summed E-state index contributed by atoms with van der Waals surface area (Å²) in [5.74, 6) is 0.298. The minimum absolute atomic E-state index is 0.177. The summed E-state index contributed by atoms with van der Waals surface area (Å²) in [5.41, 5.74) is 0.320. The van der Waals surface area contributed by atoms with Crippen molar-refractivity contribution in [2.24, 2.45) is 5.41 Å². The first-order valence-corrected chi connectivity index (χ1v) is 12.0. The van der Waals surface area contributed by atoms with Gasteiger partial charge in [-0.3, -0.25) is 14.9 Å². The number of piperazine rings is 1. The van der Waals surface area contributed by atoms with Gasteiger partial charge in [0.1, 0.15) is 11.5 Å². The molecule has 1 saturated carbocycles. The van der Waals surface area contributed by atoms with Gasteiger partial charge >= 0.3 is 12.3 Å². The average Bonchev–Trinajstić information content (AvgIpc) is 3.29. The predicted octanol–water partition coefficient (Wildman–Crippen LogP) is 3.69. The van der Waals surface area contributed by atoms with Gasteiger partial charge < -0.3 is 14.5 Å². The third kappa shape index (κ3) is 4.78. The van der Waals surface area contributed by atoms with E-state index in [-0.39, 0.29) is 11.5 Å². The average molecular weight is 491 g/mol. The number of carbonyl (C=O) groups is 1. The molecule has 1 spiro atoms. The van der Waals surface area contributed by atoms with Gasteiger partial charge in [-0.15, -0.1) is 0 Å². The van der Waals surface area contributed by atoms with Gasteiger partial charge in [0.25, 0.3) is 0 Å². The van der Waals surface area contributed by atoms with Crippen LogP contribution in [0.15, 0.2) is 30.7 Å². The zero-order valence-corrected chi connectivity index (χ0v) is 19.7. The number of hydrogen-bond acceptors (Lipinski definition) is 7. The molecule has 188 valence electrons. The van der Waals surface area contributed by atoms with Crippen LogP contribution < -0.4 is 4.90 Å². The van der Waals surface area contributed by atoms with Crippen LogP contribution in [0.5, 0.6) is 0 Å². The Balaban J connectivity index is 1.25. The quantitative estimate of drug-likeness (QED) is 0.647. The standard InChI is InChI=1S/C24H29F3N6O2/c1-2-35-22(34)33-15-23(16-33)6-5-17(13-23)31-9-11-32(12-10-31)21-18(19-14-28-7-8-29-19)3-4-20(30-21)24(25,26)27/h3-4,7-8,14,17H,2,5-6,9-13,15-16H2,1H3/t17-/m1/s1. The normalized spacial score (nSPS) is 22.3. The Morgan fingerprint density at radius 1 is 1.17 bits per heavy atom. The second-order valence-electron chi connectivity index (χ2n) is 9.63. The molecule has 4 heterocycles. The van der Waals surface area contributed by atoms with Crippen molar-refractivity contribution in [3.8, 4) is 11.3 Å². The van der Waals surface area contributed by atoms with Crippen molar-refractivity contribution in [1.29, 1.82) is 0 Å². The maximum Gasteiger partial charge on any atom is 0.433 e. The van der Waals surface area contributed by atoms with E-state index in [9.17, 15) is 18.0 Å². The second-order valence-corrected chi connectivity index (χ2v) is 9.63. The zero-order valence-electron chi connectivity index (χ0n) is 19.7. The van der Waals surface area contributed by atoms with Crippen molar-refractivity contribution in [2.75, 3.05) is 50.8 Å². The third-order valence-corrected chi connectivity index (χ3v) is 7.39. The molecule has 0 radical (unpaired) electrons. The second kappa shape index (κ2) is 9.25. The van der Waals surface area contributed by atoms with Crippen LogP contribution in [0.1, 0.15) is 31.9 Å². The number of amides is 1. The van der Waals surface area contributed by atoms with Crippen LogP contribution >= 0.6 is 0 Å². The highest BCUT2D eigenvalue weighted by Gasteiger charge is 2.51. The fourth-order valence-corrected chi connectivity index (χ4v) is 5.67. The number of halogens is 3. The number of nitrogens with zero attached hydrogens (tertiary/aromatic N) is 6. The van der Waals surface area contributed by atoms with Crippen molar-refractivity contribution in [1.82, 2.24) is 24.8 Å². The Morgan fingerprint density at radius 2 is 1.94 bits per heavy atom. The van der Waals surface area contributed by atoms with Crippen molar-refractivity contribution in [2.45, 2.75) is 38.4 Å². The first kappa shape index (κ1) is 23.8. The summed E-state index contributed by atoms with van der Waals surface area (Å²) in [6.07, 6.45) is 3.04. The zero-order chi connectivity index (χ0) is 24.6. The number of alkyl halides is 3. The molecule has 2 saturated heterocycles. The molecule has 11 heteroatoms. The summed E-state index contributed by atoms with van der Waals surface area (Å²) in [5, 5.41) is 0. The smallest absolute Gasteiger partial charge is 0.433 e. The van der Waals surface area contributed by atoms with E-state index in [1.807, 2.05) is 11.8 Å². The largest absolute Gasteiger partial charge is 0.450 e. The number of hydrogen-bond donors (Lipinski definition) is 0. The van der Waals surface area contributed by atoms with Gasteiger partial charge in [0.15, 0.2) is 0 Å². The monoisotopic (exact) mass is 490 g/mol. The van der Waals surface area contributed by atoms with Crippen LogP contribution in [0.3, 0.4) is 0 Å². The molecule has 8 nitrogen and oxygen atoms in total. The molecule has 3 fully saturated rings. The Morgan fingerprint density at radius 3 is 2.60 bits per heavy atom. The summed E-state index contributed by atoms with van der Waals surface area (Å²) in [7, 11) is 0. The Hall–Kier alpha value is -2.95. The molecule has 0 bridgehead atoms. The minimum Gasteiger partial charge on any atom is -0.450 e. The number of likely N-dealkylation sites (tertiary alicyclic amines) is 1. The molecule has 1 amide bonds. The van der Waals surface area contributed by atoms with E-state index in [1.54, 1.807) is 11.1 Å². The SMILES string of the molecule is CCOC(=O)N1CC2(CC[C@@H](N3CCN(c4nc(C(F)(F)F)ccc4-c4cnccn4)CC3)C2)C1. The molecule has 2 aromatic heterocycles. The highest BCUT2D eigenvalue weighted by Crippen LogP contribution is 2.47. The molecule has 3 aliphatic rings. The summed E-state index contributed by atoms with van der Waals surface area (Å²) >= 11 is 0. The molecule has 5 rings (SSSR count). The summed E-state index contributed by atoms with van der Waals surface area (Å²) in [6.45, 7) is 6.36. The van der Waals surface area contributed by atoms with Gasteiger partial charge in [-0.1, -0.05) is 0 Å². The van der Waals surface area contributed by atoms with E-state index >= 15 is 0 Å². The Bertz CT molecular complexity index is 1050. The molecule has 0 aromatic carbocycles. The number of aromatic nitrogens is 3. The number of ether oxygens (including phenoxy) is 1. The lowest BCUT2D eigenvalue weighted by Gasteiger charge is -2.48. The first-order chi connectivity index (χ1) is 16.8. The predicted molar refractivity (Wildman–Crippen MR) is 123 cm³/mol. The Kier molecular flexibility index (Phi) is 6.29. The van der Waals surface area contributed by atoms with Gasteiger partial charge in [-0.05, 0) is 38.3 Å². The number of carbonyl (C=O) groups excluding carboxylic acids is 1. The van der Waals surface area contributed by atoms with Gasteiger partial charge in [0, 0.05) is 68.7 Å². The lowest BCUT2D eigenvalue weighted by atomic mass is 9.78. The number of pyridine rings is 1. The minimum atomic E-state index is -4.52. The van der Waals surface area contributed by atoms with E-state index in [0.29, 0.717) is 42.8 Å². The van der Waals surface area contributed by atoms with Gasteiger partial charge in [0.05, 0.1) is 18.5 Å². The molecule has 1 aliphatic carbocycles. The van der Waals surface area contributed by atoms with Crippen LogP contribution in [0.2, 0.25) is 0 Å². The molecular formula is C24H29F3N6O2. The van der Waals surface area contributed by atoms with E-state index < -0.39 is 11.9 Å². The lowest BCUT2D eigenvalue weighted by Crippen LogP contribution is -2.58. The van der Waals surface area contributed by atoms with Crippen LogP contribution in [-0.4, -0.2) is 82.8 Å². The van der Waals surface area contributed by atoms with Gasteiger partial charge in [-0.2, -0.15) is 13.2 Å². The van der Waals surface area contributed by atoms with E-state index in [1.165, 1.54) is 18.5 Å². The lowest BCUT2D eigenvalue weighted by molar-refractivity contribution is -0.141. The van der Waals surface area contributed by atoms with Crippen LogP contribution in [0.25, 0.3) is 11.3 Å². The fourth-order valence-electron chi connectivity index (χ4n) is 5.67. The van der Waals surface area contributed by atoms with Crippen molar-refractivity contribution >= 4 is 11.9 Å². The van der Waals surface area contributed by atoms with Crippen molar-refractivity contribution < 1.29 is 22.7 Å². The topological polar surface area (TPSA) is 74.7 Å². The third-order valence-electron chi connectivity index (χ3n) is 7.39. The molecule has 2 aromatic rings. The maximum absolute atomic E-state index is 13.4. The highest BCUT2D eigenvalue weighted by atomic mass is 19.4. The molecule has 1 atom stereocenters. The number of anilines is 1. The van der Waals surface area contributed by atoms with Crippen LogP contribution in [0.4, 0.5) is 23.8 Å². The van der Waals surface area contributed by atoms with E-state index in [0.717, 1.165) is 51.5 Å². The van der Waals surface area contributed by atoms with E-state index in [2.05, 4.69) is 19.9 Å². The van der Waals surface area contributed by atoms with Crippen LogP contribution in [0, 0.1) is 5.41 Å². The molecule has 0 N–H and O–H groups in total. The first-order valence-electron chi connectivity index (χ1n) is 12.0. The molecule has 2 aliphatic heterocycles. The summed E-state index contributed by atoms with van der Waals surface area (Å²) in [6, 6.07) is 2.86. The van der Waals surface area contributed by atoms with Gasteiger partial charge in [0.2, 0.25) is 0 Å². The summed E-state index contributed by atoms with van der Waals surface area (Å²) < 4.78 is 45.4. The van der Waals surface area contributed by atoms with E-state index in [4.69, 9.17) is 4.74 Å². The molecule has 35 heavy (non-hydrogen) atoms. The Labute approximate surface area is 202 Å². The maximum atomic E-state index is 13.4. The van der Waals surface area contributed by atoms with Crippen LogP contribution in [-0.2, 0) is 10.9 Å². The molecule has 0 unspecified atom stereocenters.